The third-order valence-corrected chi connectivity index (χ3v) is 5.25. The highest BCUT2D eigenvalue weighted by molar-refractivity contribution is 8.22. The first kappa shape index (κ1) is 15.5. The Hall–Kier alpha value is -1.43. The lowest BCUT2D eigenvalue weighted by atomic mass is 10.1. The standard InChI is InChI=1S/C17H19N3S2/c21-17-20(10-8-15-5-2-1-3-6-15)13-19(14-22-17)12-16-7-4-9-18-11-16/h1-7,9,11H,8,10,12-14H2. The quantitative estimate of drug-likeness (QED) is 0.781. The molecule has 0 saturated carbocycles. The Labute approximate surface area is 141 Å². The van der Waals surface area contributed by atoms with Crippen LogP contribution in [0.3, 0.4) is 0 Å². The van der Waals surface area contributed by atoms with Crippen molar-refractivity contribution in [3.63, 3.8) is 0 Å². The van der Waals surface area contributed by atoms with Crippen LogP contribution in [0.1, 0.15) is 11.1 Å². The van der Waals surface area contributed by atoms with Gasteiger partial charge in [-0.25, -0.2) is 0 Å². The van der Waals surface area contributed by atoms with Gasteiger partial charge in [-0.2, -0.15) is 0 Å². The number of hydrogen-bond acceptors (Lipinski definition) is 4. The van der Waals surface area contributed by atoms with E-state index in [2.05, 4.69) is 51.2 Å². The second kappa shape index (κ2) is 7.72. The Morgan fingerprint density at radius 3 is 2.68 bits per heavy atom. The largest absolute Gasteiger partial charge is 0.344 e. The van der Waals surface area contributed by atoms with Crippen molar-refractivity contribution in [1.82, 2.24) is 14.8 Å². The molecule has 22 heavy (non-hydrogen) atoms. The fourth-order valence-electron chi connectivity index (χ4n) is 2.49. The molecule has 2 heterocycles. The van der Waals surface area contributed by atoms with Crippen molar-refractivity contribution in [3.05, 3.63) is 66.0 Å². The summed E-state index contributed by atoms with van der Waals surface area (Å²) < 4.78 is 1.01. The molecule has 0 spiro atoms. The van der Waals surface area contributed by atoms with E-state index in [0.717, 1.165) is 36.4 Å². The Kier molecular flexibility index (Phi) is 5.43. The Morgan fingerprint density at radius 1 is 1.09 bits per heavy atom. The van der Waals surface area contributed by atoms with Gasteiger partial charge in [0.05, 0.1) is 12.5 Å². The molecule has 0 unspecified atom stereocenters. The monoisotopic (exact) mass is 329 g/mol. The molecule has 1 aromatic heterocycles. The molecule has 0 aliphatic carbocycles. The van der Waals surface area contributed by atoms with Gasteiger partial charge in [-0.05, 0) is 23.6 Å². The van der Waals surface area contributed by atoms with E-state index in [1.165, 1.54) is 11.1 Å². The molecule has 0 N–H and O–H groups in total. The van der Waals surface area contributed by atoms with Crippen molar-refractivity contribution in [2.75, 3.05) is 19.1 Å². The van der Waals surface area contributed by atoms with E-state index >= 15 is 0 Å². The molecular weight excluding hydrogens is 310 g/mol. The summed E-state index contributed by atoms with van der Waals surface area (Å²) in [6, 6.07) is 14.7. The molecule has 0 bridgehead atoms. The smallest absolute Gasteiger partial charge is 0.138 e. The molecule has 1 aliphatic heterocycles. The first-order chi connectivity index (χ1) is 10.8. The first-order valence-corrected chi connectivity index (χ1v) is 8.77. The van der Waals surface area contributed by atoms with E-state index in [1.807, 2.05) is 18.5 Å². The number of nitrogens with zero attached hydrogens (tertiary/aromatic N) is 3. The minimum atomic E-state index is 0.896. The van der Waals surface area contributed by atoms with Crippen LogP contribution in [0.5, 0.6) is 0 Å². The summed E-state index contributed by atoms with van der Waals surface area (Å²) in [6.45, 7) is 2.79. The van der Waals surface area contributed by atoms with Gasteiger partial charge in [-0.3, -0.25) is 9.88 Å². The van der Waals surface area contributed by atoms with Gasteiger partial charge in [0.2, 0.25) is 0 Å². The topological polar surface area (TPSA) is 19.4 Å². The van der Waals surface area contributed by atoms with Crippen LogP contribution in [-0.4, -0.2) is 38.2 Å². The summed E-state index contributed by atoms with van der Waals surface area (Å²) in [5, 5.41) is 0. The highest BCUT2D eigenvalue weighted by Gasteiger charge is 2.21. The van der Waals surface area contributed by atoms with Crippen molar-refractivity contribution in [3.8, 4) is 0 Å². The van der Waals surface area contributed by atoms with Crippen LogP contribution < -0.4 is 0 Å². The Balaban J connectivity index is 1.55. The number of aromatic nitrogens is 1. The fourth-order valence-corrected chi connectivity index (χ4v) is 3.60. The average Bonchev–Trinajstić information content (AvgIpc) is 2.57. The molecule has 0 radical (unpaired) electrons. The normalized spacial score (nSPS) is 16.0. The van der Waals surface area contributed by atoms with Crippen molar-refractivity contribution in [1.29, 1.82) is 0 Å². The molecule has 1 fully saturated rings. The number of thiocarbonyl (C=S) groups is 1. The van der Waals surface area contributed by atoms with Crippen LogP contribution in [0, 0.1) is 0 Å². The summed E-state index contributed by atoms with van der Waals surface area (Å²) in [6.07, 6.45) is 4.78. The summed E-state index contributed by atoms with van der Waals surface area (Å²) in [5.41, 5.74) is 2.61. The molecule has 1 saturated heterocycles. The van der Waals surface area contributed by atoms with Crippen LogP contribution in [-0.2, 0) is 13.0 Å². The maximum absolute atomic E-state index is 5.51. The molecule has 0 atom stereocenters. The molecule has 0 amide bonds. The number of benzene rings is 1. The maximum Gasteiger partial charge on any atom is 0.138 e. The molecule has 1 aliphatic rings. The van der Waals surface area contributed by atoms with Gasteiger partial charge >= 0.3 is 0 Å². The van der Waals surface area contributed by atoms with Crippen molar-refractivity contribution < 1.29 is 0 Å². The highest BCUT2D eigenvalue weighted by Crippen LogP contribution is 2.20. The fraction of sp³-hybridized carbons (Fsp3) is 0.294. The van der Waals surface area contributed by atoms with Gasteiger partial charge in [0.1, 0.15) is 4.32 Å². The maximum atomic E-state index is 5.51. The Morgan fingerprint density at radius 2 is 1.91 bits per heavy atom. The lowest BCUT2D eigenvalue weighted by Crippen LogP contribution is -2.45. The second-order valence-corrected chi connectivity index (χ2v) is 6.95. The second-order valence-electron chi connectivity index (χ2n) is 5.37. The van der Waals surface area contributed by atoms with E-state index in [-0.39, 0.29) is 0 Å². The summed E-state index contributed by atoms with van der Waals surface area (Å²) in [7, 11) is 0. The lowest BCUT2D eigenvalue weighted by Gasteiger charge is -2.36. The SMILES string of the molecule is S=C1SCN(Cc2cccnc2)CN1CCc1ccccc1. The van der Waals surface area contributed by atoms with Gasteiger partial charge in [0.25, 0.3) is 0 Å². The molecule has 5 heteroatoms. The number of hydrogen-bond donors (Lipinski definition) is 0. The molecule has 3 rings (SSSR count). The van der Waals surface area contributed by atoms with E-state index in [9.17, 15) is 0 Å². The zero-order valence-electron chi connectivity index (χ0n) is 12.4. The van der Waals surface area contributed by atoms with Gasteiger partial charge < -0.3 is 4.90 Å². The van der Waals surface area contributed by atoms with Gasteiger partial charge in [-0.1, -0.05) is 60.4 Å². The molecule has 3 nitrogen and oxygen atoms in total. The van der Waals surface area contributed by atoms with E-state index in [4.69, 9.17) is 12.2 Å². The third kappa shape index (κ3) is 4.29. The molecule has 1 aromatic carbocycles. The number of rotatable bonds is 5. The highest BCUT2D eigenvalue weighted by atomic mass is 32.2. The van der Waals surface area contributed by atoms with Crippen molar-refractivity contribution in [2.45, 2.75) is 13.0 Å². The van der Waals surface area contributed by atoms with Crippen LogP contribution in [0.15, 0.2) is 54.9 Å². The van der Waals surface area contributed by atoms with E-state index in [0.29, 0.717) is 0 Å². The average molecular weight is 329 g/mol. The summed E-state index contributed by atoms with van der Waals surface area (Å²) >= 11 is 7.26. The van der Waals surface area contributed by atoms with Crippen LogP contribution in [0.25, 0.3) is 0 Å². The van der Waals surface area contributed by atoms with Crippen LogP contribution in [0.4, 0.5) is 0 Å². The zero-order valence-corrected chi connectivity index (χ0v) is 14.0. The predicted octanol–water partition coefficient (Wildman–Crippen LogP) is 3.38. The van der Waals surface area contributed by atoms with Crippen molar-refractivity contribution in [2.24, 2.45) is 0 Å². The zero-order chi connectivity index (χ0) is 15.2. The summed E-state index contributed by atoms with van der Waals surface area (Å²) in [5.74, 6) is 0.954. The van der Waals surface area contributed by atoms with Crippen LogP contribution in [0.2, 0.25) is 0 Å². The van der Waals surface area contributed by atoms with Gasteiger partial charge in [0.15, 0.2) is 0 Å². The van der Waals surface area contributed by atoms with Gasteiger partial charge in [0, 0.05) is 25.5 Å². The van der Waals surface area contributed by atoms with E-state index < -0.39 is 0 Å². The van der Waals surface area contributed by atoms with Crippen molar-refractivity contribution >= 4 is 28.3 Å². The minimum Gasteiger partial charge on any atom is -0.344 e. The Bertz CT molecular complexity index is 604. The predicted molar refractivity (Wildman–Crippen MR) is 96.6 cm³/mol. The summed E-state index contributed by atoms with van der Waals surface area (Å²) in [4.78, 5) is 8.89. The lowest BCUT2D eigenvalue weighted by molar-refractivity contribution is 0.206. The van der Waals surface area contributed by atoms with Gasteiger partial charge in [-0.15, -0.1) is 0 Å². The molecule has 114 valence electrons. The molecule has 2 aromatic rings. The van der Waals surface area contributed by atoms with Crippen LogP contribution >= 0.6 is 24.0 Å². The third-order valence-electron chi connectivity index (χ3n) is 3.64. The number of pyridine rings is 1. The van der Waals surface area contributed by atoms with E-state index in [1.54, 1.807) is 11.8 Å². The first-order valence-electron chi connectivity index (χ1n) is 7.38. The number of thioether (sulfide) groups is 1. The minimum absolute atomic E-state index is 0.896. The molecular formula is C17H19N3S2.